The highest BCUT2D eigenvalue weighted by Crippen LogP contribution is 2.29. The van der Waals surface area contributed by atoms with E-state index in [0.29, 0.717) is 0 Å². The van der Waals surface area contributed by atoms with Gasteiger partial charge < -0.3 is 0 Å². The second-order valence-electron chi connectivity index (χ2n) is 7.44. The fourth-order valence-electron chi connectivity index (χ4n) is 3.08. The van der Waals surface area contributed by atoms with Crippen LogP contribution in [0.15, 0.2) is 60.7 Å². The van der Waals surface area contributed by atoms with Crippen LogP contribution in [0.25, 0.3) is 27.6 Å². The Kier molecular flexibility index (Phi) is 7.33. The van der Waals surface area contributed by atoms with Gasteiger partial charge in [0.15, 0.2) is 0 Å². The fraction of sp³-hybridized carbons (Fsp3) is 0.360. The van der Waals surface area contributed by atoms with E-state index < -0.39 is 0 Å². The smallest absolute Gasteiger partial charge is 0.148 e. The molecule has 0 amide bonds. The maximum absolute atomic E-state index is 4.92. The SMILES string of the molecule is CC.CC(C)(C)c1nc2ccccc2c2nc3ccccc3n12.CC=CCC. The van der Waals surface area contributed by atoms with Gasteiger partial charge >= 0.3 is 0 Å². The van der Waals surface area contributed by atoms with Gasteiger partial charge in [0.2, 0.25) is 0 Å². The van der Waals surface area contributed by atoms with Crippen LogP contribution in [0.5, 0.6) is 0 Å². The van der Waals surface area contributed by atoms with Crippen molar-refractivity contribution in [2.45, 2.75) is 60.3 Å². The van der Waals surface area contributed by atoms with Crippen molar-refractivity contribution in [3.05, 3.63) is 66.5 Å². The number of benzene rings is 2. The Balaban J connectivity index is 0.000000352. The molecule has 0 aliphatic heterocycles. The molecule has 0 atom stereocenters. The summed E-state index contributed by atoms with van der Waals surface area (Å²) in [5.41, 5.74) is 4.08. The van der Waals surface area contributed by atoms with Crippen LogP contribution in [0.3, 0.4) is 0 Å². The second-order valence-corrected chi connectivity index (χ2v) is 7.44. The van der Waals surface area contributed by atoms with Crippen LogP contribution >= 0.6 is 0 Å². The van der Waals surface area contributed by atoms with Crippen LogP contribution in [-0.4, -0.2) is 14.4 Å². The number of hydrogen-bond donors (Lipinski definition) is 0. The third-order valence-corrected chi connectivity index (χ3v) is 4.29. The first-order valence-corrected chi connectivity index (χ1v) is 10.2. The average Bonchev–Trinajstić information content (AvgIpc) is 3.09. The highest BCUT2D eigenvalue weighted by atomic mass is 15.1. The largest absolute Gasteiger partial charge is 0.279 e. The minimum absolute atomic E-state index is 0.0498. The van der Waals surface area contributed by atoms with E-state index in [1.54, 1.807) is 0 Å². The van der Waals surface area contributed by atoms with E-state index in [-0.39, 0.29) is 5.41 Å². The molecule has 3 heteroatoms. The summed E-state index contributed by atoms with van der Waals surface area (Å²) >= 11 is 0. The first kappa shape index (κ1) is 21.6. The number of fused-ring (bicyclic) bond motifs is 5. The Hall–Kier alpha value is -2.68. The van der Waals surface area contributed by atoms with Crippen LogP contribution < -0.4 is 0 Å². The zero-order chi connectivity index (χ0) is 20.7. The Labute approximate surface area is 169 Å². The molecule has 28 heavy (non-hydrogen) atoms. The van der Waals surface area contributed by atoms with Gasteiger partial charge in [-0.2, -0.15) is 0 Å². The van der Waals surface area contributed by atoms with Gasteiger partial charge in [-0.25, -0.2) is 9.97 Å². The molecular weight excluding hydrogens is 342 g/mol. The van der Waals surface area contributed by atoms with Crippen molar-refractivity contribution < 1.29 is 0 Å². The van der Waals surface area contributed by atoms with Crippen molar-refractivity contribution in [1.82, 2.24) is 14.4 Å². The zero-order valence-electron chi connectivity index (χ0n) is 18.3. The summed E-state index contributed by atoms with van der Waals surface area (Å²) in [7, 11) is 0. The van der Waals surface area contributed by atoms with Crippen molar-refractivity contribution in [3.63, 3.8) is 0 Å². The highest BCUT2D eigenvalue weighted by Gasteiger charge is 2.22. The molecule has 4 aromatic rings. The number of hydrogen-bond acceptors (Lipinski definition) is 2. The van der Waals surface area contributed by atoms with Crippen molar-refractivity contribution in [3.8, 4) is 0 Å². The number of para-hydroxylation sites is 3. The first-order chi connectivity index (χ1) is 13.5. The minimum atomic E-state index is -0.0498. The van der Waals surface area contributed by atoms with Crippen LogP contribution in [0.4, 0.5) is 0 Å². The zero-order valence-corrected chi connectivity index (χ0v) is 18.3. The summed E-state index contributed by atoms with van der Waals surface area (Å²) in [6, 6.07) is 16.5. The lowest BCUT2D eigenvalue weighted by molar-refractivity contribution is 0.542. The highest BCUT2D eigenvalue weighted by molar-refractivity contribution is 5.96. The number of rotatable bonds is 1. The van der Waals surface area contributed by atoms with Crippen molar-refractivity contribution in [1.29, 1.82) is 0 Å². The molecule has 0 aliphatic carbocycles. The molecule has 3 nitrogen and oxygen atoms in total. The number of aromatic nitrogens is 3. The molecule has 0 N–H and O–H groups in total. The lowest BCUT2D eigenvalue weighted by Crippen LogP contribution is -2.18. The Morgan fingerprint density at radius 3 is 2.07 bits per heavy atom. The molecule has 148 valence electrons. The van der Waals surface area contributed by atoms with Crippen LogP contribution in [0.2, 0.25) is 0 Å². The molecule has 0 unspecified atom stereocenters. The Morgan fingerprint density at radius 1 is 0.893 bits per heavy atom. The molecule has 0 saturated carbocycles. The molecule has 2 heterocycles. The summed E-state index contributed by atoms with van der Waals surface area (Å²) in [5.74, 6) is 1.05. The van der Waals surface area contributed by atoms with E-state index in [1.165, 1.54) is 0 Å². The first-order valence-electron chi connectivity index (χ1n) is 10.2. The standard InChI is InChI=1S/C18H17N3.C5H10.C2H6/c1-18(2,3)17-20-13-9-5-4-8-12(13)16-19-14-10-6-7-11-15(14)21(16)17;1-3-5-4-2;1-2/h4-11H,1-3H3;3,5H,4H2,1-2H3;1-2H3. The molecule has 0 aliphatic rings. The van der Waals surface area contributed by atoms with Gasteiger partial charge in [-0.1, -0.05) is 78.0 Å². The van der Waals surface area contributed by atoms with E-state index in [4.69, 9.17) is 9.97 Å². The second kappa shape index (κ2) is 9.50. The molecule has 0 bridgehead atoms. The third-order valence-electron chi connectivity index (χ3n) is 4.29. The lowest BCUT2D eigenvalue weighted by Gasteiger charge is -2.20. The normalized spacial score (nSPS) is 11.4. The van der Waals surface area contributed by atoms with E-state index >= 15 is 0 Å². The molecule has 0 radical (unpaired) electrons. The van der Waals surface area contributed by atoms with Crippen molar-refractivity contribution in [2.75, 3.05) is 0 Å². The summed E-state index contributed by atoms with van der Waals surface area (Å²) in [5, 5.41) is 1.10. The molecular formula is C25H33N3. The average molecular weight is 376 g/mol. The maximum atomic E-state index is 4.92. The Bertz CT molecular complexity index is 1070. The predicted molar refractivity (Wildman–Crippen MR) is 123 cm³/mol. The Morgan fingerprint density at radius 2 is 1.50 bits per heavy atom. The van der Waals surface area contributed by atoms with E-state index in [0.717, 1.165) is 39.8 Å². The molecule has 0 saturated heterocycles. The van der Waals surface area contributed by atoms with Gasteiger partial charge in [0, 0.05) is 10.8 Å². The van der Waals surface area contributed by atoms with Gasteiger partial charge in [-0.05, 0) is 37.6 Å². The van der Waals surface area contributed by atoms with Crippen LogP contribution in [-0.2, 0) is 5.41 Å². The molecule has 0 spiro atoms. The number of nitrogens with zero attached hydrogens (tertiary/aromatic N) is 3. The molecule has 0 fully saturated rings. The van der Waals surface area contributed by atoms with E-state index in [1.807, 2.05) is 39.0 Å². The summed E-state index contributed by atoms with van der Waals surface area (Å²) in [6.45, 7) is 14.7. The van der Waals surface area contributed by atoms with Gasteiger partial charge in [-0.15, -0.1) is 0 Å². The van der Waals surface area contributed by atoms with Crippen molar-refractivity contribution >= 4 is 27.6 Å². The summed E-state index contributed by atoms with van der Waals surface area (Å²) in [4.78, 5) is 9.76. The van der Waals surface area contributed by atoms with Gasteiger partial charge in [0.1, 0.15) is 11.5 Å². The van der Waals surface area contributed by atoms with Gasteiger partial charge in [-0.3, -0.25) is 4.40 Å². The summed E-state index contributed by atoms with van der Waals surface area (Å²) in [6.07, 6.45) is 5.34. The van der Waals surface area contributed by atoms with E-state index in [2.05, 4.69) is 74.6 Å². The van der Waals surface area contributed by atoms with Crippen LogP contribution in [0, 0.1) is 0 Å². The van der Waals surface area contributed by atoms with Crippen molar-refractivity contribution in [2.24, 2.45) is 0 Å². The minimum Gasteiger partial charge on any atom is -0.279 e. The van der Waals surface area contributed by atoms with Gasteiger partial charge in [0.25, 0.3) is 0 Å². The molecule has 2 aromatic carbocycles. The van der Waals surface area contributed by atoms with Crippen LogP contribution in [0.1, 0.15) is 60.7 Å². The maximum Gasteiger partial charge on any atom is 0.148 e. The quantitative estimate of drug-likeness (QED) is 0.326. The fourth-order valence-corrected chi connectivity index (χ4v) is 3.08. The molecule has 2 aromatic heterocycles. The lowest BCUT2D eigenvalue weighted by atomic mass is 9.95. The number of allylic oxidation sites excluding steroid dienone is 2. The monoisotopic (exact) mass is 375 g/mol. The van der Waals surface area contributed by atoms with E-state index in [9.17, 15) is 0 Å². The van der Waals surface area contributed by atoms with Gasteiger partial charge in [0.05, 0.1) is 16.6 Å². The predicted octanol–water partition coefficient (Wildman–Crippen LogP) is 7.33. The number of imidazole rings is 1. The molecule has 4 rings (SSSR count). The topological polar surface area (TPSA) is 30.2 Å². The summed E-state index contributed by atoms with van der Waals surface area (Å²) < 4.78 is 2.21. The third kappa shape index (κ3) is 4.41.